The summed E-state index contributed by atoms with van der Waals surface area (Å²) in [6.07, 6.45) is 6.51. The Morgan fingerprint density at radius 2 is 1.76 bits per heavy atom. The van der Waals surface area contributed by atoms with Crippen LogP contribution in [-0.4, -0.2) is 65.8 Å². The minimum absolute atomic E-state index is 0.287. The summed E-state index contributed by atoms with van der Waals surface area (Å²) < 4.78 is 11.9. The van der Waals surface area contributed by atoms with Crippen LogP contribution in [0.2, 0.25) is 0 Å². The number of carbonyl (C=O) groups excluding carboxylic acids is 1. The minimum atomic E-state index is -0.840. The van der Waals surface area contributed by atoms with Crippen LogP contribution >= 0.6 is 0 Å². The second-order valence-corrected chi connectivity index (χ2v) is 9.68. The van der Waals surface area contributed by atoms with Crippen LogP contribution in [-0.2, 0) is 11.3 Å². The summed E-state index contributed by atoms with van der Waals surface area (Å²) in [5, 5.41) is 11.1. The SMILES string of the molecule is O=C1CCCCCN1CCCOc1cccc(CN2CCCC(O)(COc3ccccc3)C2)c1. The van der Waals surface area contributed by atoms with E-state index < -0.39 is 5.60 Å². The molecule has 1 N–H and O–H groups in total. The molecule has 1 amide bonds. The van der Waals surface area contributed by atoms with Crippen molar-refractivity contribution < 1.29 is 19.4 Å². The van der Waals surface area contributed by atoms with Crippen molar-refractivity contribution in [2.24, 2.45) is 0 Å². The van der Waals surface area contributed by atoms with E-state index >= 15 is 0 Å². The third kappa shape index (κ3) is 7.47. The highest BCUT2D eigenvalue weighted by molar-refractivity contribution is 5.76. The molecule has 34 heavy (non-hydrogen) atoms. The van der Waals surface area contributed by atoms with Gasteiger partial charge in [0.2, 0.25) is 5.91 Å². The Morgan fingerprint density at radius 3 is 2.65 bits per heavy atom. The first kappa shape index (κ1) is 24.6. The molecule has 2 aliphatic rings. The Morgan fingerprint density at radius 1 is 0.912 bits per heavy atom. The van der Waals surface area contributed by atoms with E-state index in [0.29, 0.717) is 26.2 Å². The fourth-order valence-corrected chi connectivity index (χ4v) is 4.91. The summed E-state index contributed by atoms with van der Waals surface area (Å²) in [5.74, 6) is 1.94. The van der Waals surface area contributed by atoms with Crippen molar-refractivity contribution in [3.63, 3.8) is 0 Å². The van der Waals surface area contributed by atoms with E-state index in [2.05, 4.69) is 17.0 Å². The van der Waals surface area contributed by atoms with Gasteiger partial charge < -0.3 is 19.5 Å². The Bertz CT molecular complexity index is 906. The molecule has 2 aliphatic heterocycles. The largest absolute Gasteiger partial charge is 0.494 e. The number of hydrogen-bond acceptors (Lipinski definition) is 5. The molecular weight excluding hydrogens is 428 g/mol. The lowest BCUT2D eigenvalue weighted by Crippen LogP contribution is -2.51. The maximum Gasteiger partial charge on any atom is 0.222 e. The van der Waals surface area contributed by atoms with Crippen LogP contribution in [0.4, 0.5) is 0 Å². The molecule has 0 bridgehead atoms. The molecule has 6 heteroatoms. The molecule has 1 atom stereocenters. The third-order valence-corrected chi connectivity index (χ3v) is 6.70. The number of ether oxygens (including phenoxy) is 2. The second-order valence-electron chi connectivity index (χ2n) is 9.68. The Hall–Kier alpha value is -2.57. The third-order valence-electron chi connectivity index (χ3n) is 6.70. The lowest BCUT2D eigenvalue weighted by atomic mass is 9.93. The van der Waals surface area contributed by atoms with E-state index in [4.69, 9.17) is 9.47 Å². The van der Waals surface area contributed by atoms with E-state index in [0.717, 1.165) is 76.2 Å². The standard InChI is InChI=1S/C28H38N2O4/c31-27-14-5-2-6-17-30(27)18-9-19-33-26-13-7-10-24(20-26)21-29-16-8-15-28(32,22-29)23-34-25-11-3-1-4-12-25/h1,3-4,7,10-13,20,32H,2,5-6,8-9,14-19,21-23H2. The van der Waals surface area contributed by atoms with Crippen LogP contribution in [0.1, 0.15) is 50.5 Å². The van der Waals surface area contributed by atoms with Crippen molar-refractivity contribution in [2.75, 3.05) is 39.4 Å². The summed E-state index contributed by atoms with van der Waals surface area (Å²) in [6.45, 7) is 4.89. The van der Waals surface area contributed by atoms with Crippen molar-refractivity contribution in [2.45, 2.75) is 57.1 Å². The molecule has 2 aromatic rings. The molecule has 2 saturated heterocycles. The first-order chi connectivity index (χ1) is 16.6. The van der Waals surface area contributed by atoms with Crippen molar-refractivity contribution in [1.29, 1.82) is 0 Å². The number of β-amino-alcohol motifs (C(OH)–C–C–N with tert-alkyl or cyclic N) is 1. The van der Waals surface area contributed by atoms with Gasteiger partial charge in [-0.15, -0.1) is 0 Å². The Kier molecular flexibility index (Phi) is 8.83. The molecule has 0 aromatic heterocycles. The van der Waals surface area contributed by atoms with Gasteiger partial charge in [-0.3, -0.25) is 9.69 Å². The Balaban J connectivity index is 1.22. The maximum atomic E-state index is 12.1. The molecule has 0 saturated carbocycles. The van der Waals surface area contributed by atoms with Crippen molar-refractivity contribution in [3.8, 4) is 11.5 Å². The average Bonchev–Trinajstić information content (AvgIpc) is 3.05. The van der Waals surface area contributed by atoms with E-state index in [-0.39, 0.29) is 5.91 Å². The van der Waals surface area contributed by atoms with E-state index in [1.807, 2.05) is 47.4 Å². The normalized spacial score (nSPS) is 21.8. The summed E-state index contributed by atoms with van der Waals surface area (Å²) in [5.41, 5.74) is 0.334. The molecular formula is C28H38N2O4. The molecule has 2 aromatic carbocycles. The Labute approximate surface area is 203 Å². The summed E-state index contributed by atoms with van der Waals surface area (Å²) in [7, 11) is 0. The van der Waals surface area contributed by atoms with Crippen LogP contribution in [0.15, 0.2) is 54.6 Å². The van der Waals surface area contributed by atoms with Crippen LogP contribution < -0.4 is 9.47 Å². The molecule has 184 valence electrons. The van der Waals surface area contributed by atoms with E-state index in [9.17, 15) is 9.90 Å². The minimum Gasteiger partial charge on any atom is -0.494 e. The van der Waals surface area contributed by atoms with Gasteiger partial charge in [-0.25, -0.2) is 0 Å². The van der Waals surface area contributed by atoms with Crippen LogP contribution in [0.3, 0.4) is 0 Å². The van der Waals surface area contributed by atoms with Gasteiger partial charge in [0, 0.05) is 32.6 Å². The molecule has 1 unspecified atom stereocenters. The number of likely N-dealkylation sites (tertiary alicyclic amines) is 2. The molecule has 2 heterocycles. The number of benzene rings is 2. The van der Waals surface area contributed by atoms with Gasteiger partial charge in [-0.2, -0.15) is 0 Å². The number of amides is 1. The maximum absolute atomic E-state index is 12.1. The van der Waals surface area contributed by atoms with Gasteiger partial charge in [0.05, 0.1) is 6.61 Å². The first-order valence-electron chi connectivity index (χ1n) is 12.7. The molecule has 2 fully saturated rings. The van der Waals surface area contributed by atoms with Crippen molar-refractivity contribution in [3.05, 3.63) is 60.2 Å². The summed E-state index contributed by atoms with van der Waals surface area (Å²) >= 11 is 0. The molecule has 0 radical (unpaired) electrons. The predicted molar refractivity (Wildman–Crippen MR) is 133 cm³/mol. The number of rotatable bonds is 10. The fraction of sp³-hybridized carbons (Fsp3) is 0.536. The van der Waals surface area contributed by atoms with Crippen molar-refractivity contribution >= 4 is 5.91 Å². The van der Waals surface area contributed by atoms with Gasteiger partial charge in [0.15, 0.2) is 0 Å². The fourth-order valence-electron chi connectivity index (χ4n) is 4.91. The van der Waals surface area contributed by atoms with Crippen LogP contribution in [0.5, 0.6) is 11.5 Å². The zero-order valence-electron chi connectivity index (χ0n) is 20.2. The van der Waals surface area contributed by atoms with Gasteiger partial charge in [0.1, 0.15) is 23.7 Å². The van der Waals surface area contributed by atoms with E-state index in [1.165, 1.54) is 5.56 Å². The smallest absolute Gasteiger partial charge is 0.222 e. The number of piperidine rings is 1. The summed E-state index contributed by atoms with van der Waals surface area (Å²) in [6, 6.07) is 17.9. The van der Waals surface area contributed by atoms with Gasteiger partial charge in [-0.1, -0.05) is 36.8 Å². The van der Waals surface area contributed by atoms with E-state index in [1.54, 1.807) is 0 Å². The first-order valence-corrected chi connectivity index (χ1v) is 12.7. The lowest BCUT2D eigenvalue weighted by Gasteiger charge is -2.39. The van der Waals surface area contributed by atoms with Crippen molar-refractivity contribution in [1.82, 2.24) is 9.80 Å². The average molecular weight is 467 g/mol. The number of carbonyl (C=O) groups is 1. The predicted octanol–water partition coefficient (Wildman–Crippen LogP) is 4.26. The molecule has 4 rings (SSSR count). The molecule has 6 nitrogen and oxygen atoms in total. The quantitative estimate of drug-likeness (QED) is 0.530. The zero-order valence-corrected chi connectivity index (χ0v) is 20.2. The van der Waals surface area contributed by atoms with Gasteiger partial charge >= 0.3 is 0 Å². The van der Waals surface area contributed by atoms with Crippen LogP contribution in [0, 0.1) is 0 Å². The second kappa shape index (κ2) is 12.2. The topological polar surface area (TPSA) is 62.2 Å². The monoisotopic (exact) mass is 466 g/mol. The highest BCUT2D eigenvalue weighted by Crippen LogP contribution is 2.25. The van der Waals surface area contributed by atoms with Gasteiger partial charge in [-0.05, 0) is 68.5 Å². The highest BCUT2D eigenvalue weighted by Gasteiger charge is 2.34. The zero-order chi connectivity index (χ0) is 23.6. The molecule has 0 spiro atoms. The van der Waals surface area contributed by atoms with Crippen LogP contribution in [0.25, 0.3) is 0 Å². The number of para-hydroxylation sites is 1. The lowest BCUT2D eigenvalue weighted by molar-refractivity contribution is -0.130. The number of aliphatic hydroxyl groups is 1. The summed E-state index contributed by atoms with van der Waals surface area (Å²) in [4.78, 5) is 16.4. The number of hydrogen-bond donors (Lipinski definition) is 1. The van der Waals surface area contributed by atoms with Gasteiger partial charge in [0.25, 0.3) is 0 Å². The number of nitrogens with zero attached hydrogens (tertiary/aromatic N) is 2. The molecule has 0 aliphatic carbocycles. The highest BCUT2D eigenvalue weighted by atomic mass is 16.5.